The molecule has 1 rings (SSSR count). The lowest BCUT2D eigenvalue weighted by atomic mass is 10.2. The van der Waals surface area contributed by atoms with Crippen LogP contribution in [-0.4, -0.2) is 59.6 Å². The number of likely N-dealkylation sites (N-methyl/N-ethyl adjacent to an activating group) is 1. The van der Waals surface area contributed by atoms with Gasteiger partial charge in [-0.15, -0.1) is 0 Å². The zero-order valence-corrected chi connectivity index (χ0v) is 13.0. The molecule has 1 saturated heterocycles. The normalized spacial score (nSPS) is 19.1. The molecule has 6 nitrogen and oxygen atoms in total. The first-order valence-corrected chi connectivity index (χ1v) is 7.26. The minimum atomic E-state index is -0.498. The topological polar surface area (TPSA) is 75.9 Å². The second-order valence-corrected chi connectivity index (χ2v) is 6.11. The summed E-state index contributed by atoms with van der Waals surface area (Å²) in [7, 11) is 0. The molecule has 2 amide bonds. The number of amides is 2. The van der Waals surface area contributed by atoms with Gasteiger partial charge in [0.1, 0.15) is 5.60 Å². The molecule has 0 bridgehead atoms. The Balaban J connectivity index is 2.65. The molecule has 0 aromatic heterocycles. The molecule has 0 spiro atoms. The van der Waals surface area contributed by atoms with E-state index in [1.54, 1.807) is 9.80 Å². The summed E-state index contributed by atoms with van der Waals surface area (Å²) in [5.41, 5.74) is 4.91. The number of carbonyl (C=O) groups is 2. The van der Waals surface area contributed by atoms with Crippen molar-refractivity contribution in [2.24, 2.45) is 5.73 Å². The molecule has 1 atom stereocenters. The number of likely N-dealkylation sites (tertiary alicyclic amines) is 1. The van der Waals surface area contributed by atoms with E-state index in [0.29, 0.717) is 19.6 Å². The SMILES string of the molecule is CCN(C[C@H]1CCCN1C(=O)OC(C)(C)C)C(=O)CN. The summed E-state index contributed by atoms with van der Waals surface area (Å²) < 4.78 is 5.41. The van der Waals surface area contributed by atoms with Crippen molar-refractivity contribution in [3.63, 3.8) is 0 Å². The lowest BCUT2D eigenvalue weighted by Gasteiger charge is -2.31. The van der Waals surface area contributed by atoms with E-state index in [9.17, 15) is 9.59 Å². The molecular weight excluding hydrogens is 258 g/mol. The average Bonchev–Trinajstić information content (AvgIpc) is 2.81. The van der Waals surface area contributed by atoms with Gasteiger partial charge < -0.3 is 20.3 Å². The van der Waals surface area contributed by atoms with Crippen LogP contribution in [0.3, 0.4) is 0 Å². The molecule has 1 fully saturated rings. The van der Waals surface area contributed by atoms with Crippen LogP contribution in [0.2, 0.25) is 0 Å². The van der Waals surface area contributed by atoms with Gasteiger partial charge in [0, 0.05) is 19.6 Å². The van der Waals surface area contributed by atoms with Gasteiger partial charge in [-0.1, -0.05) is 0 Å². The molecule has 2 N–H and O–H groups in total. The minimum Gasteiger partial charge on any atom is -0.444 e. The Bertz CT molecular complexity index is 352. The summed E-state index contributed by atoms with van der Waals surface area (Å²) in [6.45, 7) is 9.31. The molecule has 0 aliphatic carbocycles. The van der Waals surface area contributed by atoms with Crippen LogP contribution in [-0.2, 0) is 9.53 Å². The minimum absolute atomic E-state index is 0.00694. The molecule has 0 aromatic rings. The van der Waals surface area contributed by atoms with Crippen molar-refractivity contribution >= 4 is 12.0 Å². The quantitative estimate of drug-likeness (QED) is 0.842. The van der Waals surface area contributed by atoms with E-state index >= 15 is 0 Å². The van der Waals surface area contributed by atoms with Gasteiger partial charge >= 0.3 is 6.09 Å². The van der Waals surface area contributed by atoms with E-state index in [4.69, 9.17) is 10.5 Å². The Hall–Kier alpha value is -1.30. The van der Waals surface area contributed by atoms with Crippen molar-refractivity contribution in [2.45, 2.75) is 52.2 Å². The summed E-state index contributed by atoms with van der Waals surface area (Å²) in [6.07, 6.45) is 1.54. The fourth-order valence-electron chi connectivity index (χ4n) is 2.38. The number of nitrogens with two attached hydrogens (primary N) is 1. The number of rotatable bonds is 4. The van der Waals surface area contributed by atoms with E-state index in [1.165, 1.54) is 0 Å². The van der Waals surface area contributed by atoms with Crippen LogP contribution in [0.5, 0.6) is 0 Å². The molecule has 20 heavy (non-hydrogen) atoms. The molecule has 1 aliphatic rings. The van der Waals surface area contributed by atoms with Crippen LogP contribution < -0.4 is 5.73 Å². The van der Waals surface area contributed by atoms with E-state index in [2.05, 4.69) is 0 Å². The van der Waals surface area contributed by atoms with Crippen LogP contribution in [0.4, 0.5) is 4.79 Å². The summed E-state index contributed by atoms with van der Waals surface area (Å²) in [4.78, 5) is 27.3. The van der Waals surface area contributed by atoms with Gasteiger partial charge in [-0.2, -0.15) is 0 Å². The van der Waals surface area contributed by atoms with Crippen LogP contribution in [0.25, 0.3) is 0 Å². The predicted molar refractivity (Wildman–Crippen MR) is 77.3 cm³/mol. The first-order chi connectivity index (χ1) is 9.28. The second kappa shape index (κ2) is 6.92. The van der Waals surface area contributed by atoms with E-state index in [1.807, 2.05) is 27.7 Å². The number of carbonyl (C=O) groups excluding carboxylic acids is 2. The number of hydrogen-bond donors (Lipinski definition) is 1. The maximum atomic E-state index is 12.2. The Kier molecular flexibility index (Phi) is 5.80. The van der Waals surface area contributed by atoms with Crippen molar-refractivity contribution in [3.05, 3.63) is 0 Å². The van der Waals surface area contributed by atoms with Gasteiger partial charge in [0.05, 0.1) is 12.6 Å². The molecule has 1 aliphatic heterocycles. The van der Waals surface area contributed by atoms with Crippen molar-refractivity contribution in [1.82, 2.24) is 9.80 Å². The van der Waals surface area contributed by atoms with Crippen molar-refractivity contribution in [1.29, 1.82) is 0 Å². The summed E-state index contributed by atoms with van der Waals surface area (Å²) in [5.74, 6) is -0.0801. The number of nitrogens with zero attached hydrogens (tertiary/aromatic N) is 2. The molecule has 0 aromatic carbocycles. The van der Waals surface area contributed by atoms with Gasteiger partial charge in [-0.25, -0.2) is 4.79 Å². The van der Waals surface area contributed by atoms with E-state index in [-0.39, 0.29) is 24.6 Å². The zero-order valence-electron chi connectivity index (χ0n) is 13.0. The molecular formula is C14H27N3O3. The van der Waals surface area contributed by atoms with E-state index < -0.39 is 5.60 Å². The third-order valence-corrected chi connectivity index (χ3v) is 3.35. The zero-order chi connectivity index (χ0) is 15.3. The third kappa shape index (κ3) is 4.67. The van der Waals surface area contributed by atoms with Gasteiger partial charge in [-0.3, -0.25) is 4.79 Å². The molecule has 0 radical (unpaired) electrons. The van der Waals surface area contributed by atoms with Crippen LogP contribution in [0.1, 0.15) is 40.5 Å². The van der Waals surface area contributed by atoms with Crippen molar-refractivity contribution in [3.8, 4) is 0 Å². The lowest BCUT2D eigenvalue weighted by Crippen LogP contribution is -2.47. The highest BCUT2D eigenvalue weighted by Crippen LogP contribution is 2.21. The first-order valence-electron chi connectivity index (χ1n) is 7.26. The summed E-state index contributed by atoms with van der Waals surface area (Å²) in [5, 5.41) is 0. The second-order valence-electron chi connectivity index (χ2n) is 6.11. The third-order valence-electron chi connectivity index (χ3n) is 3.35. The highest BCUT2D eigenvalue weighted by Gasteiger charge is 2.33. The fourth-order valence-corrected chi connectivity index (χ4v) is 2.38. The van der Waals surface area contributed by atoms with Gasteiger partial charge in [0.15, 0.2) is 0 Å². The molecule has 0 saturated carbocycles. The maximum Gasteiger partial charge on any atom is 0.410 e. The van der Waals surface area contributed by atoms with Gasteiger partial charge in [0.2, 0.25) is 5.91 Å². The first kappa shape index (κ1) is 16.8. The molecule has 116 valence electrons. The Morgan fingerprint density at radius 1 is 1.40 bits per heavy atom. The van der Waals surface area contributed by atoms with E-state index in [0.717, 1.165) is 12.8 Å². The maximum absolute atomic E-state index is 12.2. The Morgan fingerprint density at radius 3 is 2.55 bits per heavy atom. The monoisotopic (exact) mass is 285 g/mol. The van der Waals surface area contributed by atoms with Gasteiger partial charge in [-0.05, 0) is 40.5 Å². The standard InChI is InChI=1S/C14H27N3O3/c1-5-16(12(18)9-15)10-11-7-6-8-17(11)13(19)20-14(2,3)4/h11H,5-10,15H2,1-4H3/t11-/m1/s1. The molecule has 0 unspecified atom stereocenters. The van der Waals surface area contributed by atoms with Crippen LogP contribution >= 0.6 is 0 Å². The fraction of sp³-hybridized carbons (Fsp3) is 0.857. The van der Waals surface area contributed by atoms with Crippen LogP contribution in [0.15, 0.2) is 0 Å². The van der Waals surface area contributed by atoms with Crippen LogP contribution in [0, 0.1) is 0 Å². The largest absolute Gasteiger partial charge is 0.444 e. The highest BCUT2D eigenvalue weighted by molar-refractivity contribution is 5.78. The predicted octanol–water partition coefficient (Wildman–Crippen LogP) is 1.19. The molecule has 1 heterocycles. The van der Waals surface area contributed by atoms with Crippen molar-refractivity contribution < 1.29 is 14.3 Å². The average molecular weight is 285 g/mol. The smallest absolute Gasteiger partial charge is 0.410 e. The summed E-state index contributed by atoms with van der Waals surface area (Å²) in [6, 6.07) is 0.0281. The Labute approximate surface area is 121 Å². The summed E-state index contributed by atoms with van der Waals surface area (Å²) >= 11 is 0. The Morgan fingerprint density at radius 2 is 2.05 bits per heavy atom. The highest BCUT2D eigenvalue weighted by atomic mass is 16.6. The van der Waals surface area contributed by atoms with Crippen molar-refractivity contribution in [2.75, 3.05) is 26.2 Å². The number of hydrogen-bond acceptors (Lipinski definition) is 4. The lowest BCUT2D eigenvalue weighted by molar-refractivity contribution is -0.130. The molecule has 6 heteroatoms. The van der Waals surface area contributed by atoms with Gasteiger partial charge in [0.25, 0.3) is 0 Å². The number of ether oxygens (including phenoxy) is 1.